The molecule has 2 unspecified atom stereocenters. The molecule has 4 heteroatoms. The summed E-state index contributed by atoms with van der Waals surface area (Å²) in [5, 5.41) is 3.95. The largest absolute Gasteiger partial charge is 0.361 e. The molecule has 4 nitrogen and oxygen atoms in total. The summed E-state index contributed by atoms with van der Waals surface area (Å²) in [5.74, 6) is -0.0868. The van der Waals surface area contributed by atoms with Crippen molar-refractivity contribution in [2.45, 2.75) is 53.4 Å². The molecule has 1 aliphatic carbocycles. The van der Waals surface area contributed by atoms with Crippen molar-refractivity contribution in [1.82, 2.24) is 5.16 Å². The molecule has 24 heavy (non-hydrogen) atoms. The van der Waals surface area contributed by atoms with Crippen LogP contribution >= 0.6 is 0 Å². The molecule has 126 valence electrons. The zero-order valence-corrected chi connectivity index (χ0v) is 14.9. The number of carbonyl (C=O) groups is 2. The van der Waals surface area contributed by atoms with Crippen LogP contribution in [-0.2, 0) is 16.0 Å². The summed E-state index contributed by atoms with van der Waals surface area (Å²) in [6.07, 6.45) is 0.840. The third-order valence-electron chi connectivity index (χ3n) is 5.11. The number of hydrogen-bond acceptors (Lipinski definition) is 4. The SMILES string of the molecule is Cc1cc(C)c(C2C(=O)CC(Cc3c(C)noc3C)C2=O)c(C)c1. The van der Waals surface area contributed by atoms with Gasteiger partial charge in [-0.1, -0.05) is 22.9 Å². The first-order valence-corrected chi connectivity index (χ1v) is 8.35. The molecule has 1 aromatic heterocycles. The Morgan fingerprint density at radius 2 is 1.71 bits per heavy atom. The van der Waals surface area contributed by atoms with Crippen LogP contribution in [0.5, 0.6) is 0 Å². The van der Waals surface area contributed by atoms with Crippen molar-refractivity contribution in [3.05, 3.63) is 51.4 Å². The van der Waals surface area contributed by atoms with Crippen LogP contribution in [0.4, 0.5) is 0 Å². The molecular weight excluding hydrogens is 302 g/mol. The van der Waals surface area contributed by atoms with E-state index >= 15 is 0 Å². The van der Waals surface area contributed by atoms with Crippen LogP contribution in [-0.4, -0.2) is 16.7 Å². The summed E-state index contributed by atoms with van der Waals surface area (Å²) in [6, 6.07) is 4.09. The predicted molar refractivity (Wildman–Crippen MR) is 91.2 cm³/mol. The molecule has 1 saturated carbocycles. The lowest BCUT2D eigenvalue weighted by Gasteiger charge is -2.16. The third kappa shape index (κ3) is 2.70. The summed E-state index contributed by atoms with van der Waals surface area (Å²) < 4.78 is 5.18. The average Bonchev–Trinajstić information content (AvgIpc) is 2.94. The van der Waals surface area contributed by atoms with E-state index in [1.807, 2.05) is 46.8 Å². The van der Waals surface area contributed by atoms with Crippen molar-refractivity contribution < 1.29 is 14.1 Å². The summed E-state index contributed by atoms with van der Waals surface area (Å²) in [4.78, 5) is 25.6. The maximum absolute atomic E-state index is 13.0. The highest BCUT2D eigenvalue weighted by Gasteiger charge is 2.43. The fraction of sp³-hybridized carbons (Fsp3) is 0.450. The molecule has 2 atom stereocenters. The number of hydrogen-bond donors (Lipinski definition) is 0. The van der Waals surface area contributed by atoms with E-state index in [1.165, 1.54) is 0 Å². The highest BCUT2D eigenvalue weighted by atomic mass is 16.5. The molecule has 0 saturated heterocycles. The molecule has 0 radical (unpaired) electrons. The lowest BCUT2D eigenvalue weighted by Crippen LogP contribution is -2.19. The number of Topliss-reactive ketones (excluding diaryl/α,β-unsaturated/α-hetero) is 2. The molecule has 2 aromatic rings. The van der Waals surface area contributed by atoms with Crippen LogP contribution < -0.4 is 0 Å². The Labute approximate surface area is 142 Å². The van der Waals surface area contributed by atoms with Gasteiger partial charge >= 0.3 is 0 Å². The summed E-state index contributed by atoms with van der Waals surface area (Å²) >= 11 is 0. The zero-order chi connectivity index (χ0) is 17.6. The minimum absolute atomic E-state index is 0.0341. The molecule has 1 fully saturated rings. The van der Waals surface area contributed by atoms with Gasteiger partial charge in [0.25, 0.3) is 0 Å². The maximum Gasteiger partial charge on any atom is 0.151 e. The van der Waals surface area contributed by atoms with Crippen molar-refractivity contribution in [3.63, 3.8) is 0 Å². The number of carbonyl (C=O) groups excluding carboxylic acids is 2. The van der Waals surface area contributed by atoms with E-state index < -0.39 is 5.92 Å². The van der Waals surface area contributed by atoms with Crippen LogP contribution in [0.2, 0.25) is 0 Å². The highest BCUT2D eigenvalue weighted by Crippen LogP contribution is 2.38. The lowest BCUT2D eigenvalue weighted by atomic mass is 9.86. The van der Waals surface area contributed by atoms with Crippen LogP contribution in [0.3, 0.4) is 0 Å². The Balaban J connectivity index is 1.93. The van der Waals surface area contributed by atoms with Crippen molar-refractivity contribution in [2.75, 3.05) is 0 Å². The Morgan fingerprint density at radius 3 is 2.25 bits per heavy atom. The normalized spacial score (nSPS) is 20.9. The van der Waals surface area contributed by atoms with Gasteiger partial charge in [0.1, 0.15) is 17.5 Å². The van der Waals surface area contributed by atoms with Gasteiger partial charge in [-0.3, -0.25) is 9.59 Å². The first-order valence-electron chi connectivity index (χ1n) is 8.35. The van der Waals surface area contributed by atoms with Crippen molar-refractivity contribution >= 4 is 11.6 Å². The fourth-order valence-electron chi connectivity index (χ4n) is 4.02. The van der Waals surface area contributed by atoms with Gasteiger partial charge in [0.15, 0.2) is 5.78 Å². The van der Waals surface area contributed by atoms with Crippen LogP contribution in [0.1, 0.15) is 51.6 Å². The van der Waals surface area contributed by atoms with E-state index in [9.17, 15) is 9.59 Å². The molecular formula is C20H23NO3. The van der Waals surface area contributed by atoms with E-state index in [0.29, 0.717) is 12.8 Å². The first-order chi connectivity index (χ1) is 11.3. The van der Waals surface area contributed by atoms with Crippen molar-refractivity contribution in [2.24, 2.45) is 5.92 Å². The topological polar surface area (TPSA) is 60.2 Å². The quantitative estimate of drug-likeness (QED) is 0.807. The van der Waals surface area contributed by atoms with Crippen LogP contribution in [0.25, 0.3) is 0 Å². The Kier molecular flexibility index (Phi) is 4.16. The number of rotatable bonds is 3. The average molecular weight is 325 g/mol. The second-order valence-electron chi connectivity index (χ2n) is 7.02. The van der Waals surface area contributed by atoms with Gasteiger partial charge in [-0.05, 0) is 57.7 Å². The molecule has 0 bridgehead atoms. The van der Waals surface area contributed by atoms with Crippen LogP contribution in [0, 0.1) is 40.5 Å². The molecule has 1 aliphatic rings. The van der Waals surface area contributed by atoms with E-state index in [2.05, 4.69) is 5.16 Å². The molecule has 1 heterocycles. The molecule has 0 aliphatic heterocycles. The fourth-order valence-corrected chi connectivity index (χ4v) is 4.02. The number of aromatic nitrogens is 1. The van der Waals surface area contributed by atoms with Gasteiger partial charge < -0.3 is 4.52 Å². The molecule has 0 spiro atoms. The van der Waals surface area contributed by atoms with Gasteiger partial charge in [0.2, 0.25) is 0 Å². The number of aryl methyl sites for hydroxylation is 5. The van der Waals surface area contributed by atoms with Crippen molar-refractivity contribution in [3.8, 4) is 0 Å². The Bertz CT molecular complexity index is 789. The van der Waals surface area contributed by atoms with Gasteiger partial charge in [-0.2, -0.15) is 0 Å². The predicted octanol–water partition coefficient (Wildman–Crippen LogP) is 3.70. The molecule has 3 rings (SSSR count). The lowest BCUT2D eigenvalue weighted by molar-refractivity contribution is -0.124. The number of benzene rings is 1. The zero-order valence-electron chi connectivity index (χ0n) is 14.9. The highest BCUT2D eigenvalue weighted by molar-refractivity contribution is 6.15. The second kappa shape index (κ2) is 6.00. The standard InChI is InChI=1S/C20H23NO3/c1-10-6-11(2)18(12(3)7-10)19-17(22)9-15(20(19)23)8-16-13(4)21-24-14(16)5/h6-7,15,19H,8-9H2,1-5H3. The minimum Gasteiger partial charge on any atom is -0.361 e. The summed E-state index contributed by atoms with van der Waals surface area (Å²) in [6.45, 7) is 9.72. The summed E-state index contributed by atoms with van der Waals surface area (Å²) in [7, 11) is 0. The van der Waals surface area contributed by atoms with Gasteiger partial charge in [-0.15, -0.1) is 0 Å². The Hall–Kier alpha value is -2.23. The monoisotopic (exact) mass is 325 g/mol. The van der Waals surface area contributed by atoms with E-state index in [1.54, 1.807) is 0 Å². The van der Waals surface area contributed by atoms with Gasteiger partial charge in [0, 0.05) is 17.9 Å². The number of ketones is 2. The number of nitrogens with zero attached hydrogens (tertiary/aromatic N) is 1. The maximum atomic E-state index is 13.0. The van der Waals surface area contributed by atoms with Gasteiger partial charge in [0.05, 0.1) is 5.69 Å². The van der Waals surface area contributed by atoms with Crippen LogP contribution in [0.15, 0.2) is 16.7 Å². The Morgan fingerprint density at radius 1 is 1.08 bits per heavy atom. The van der Waals surface area contributed by atoms with Crippen molar-refractivity contribution in [1.29, 1.82) is 0 Å². The third-order valence-corrected chi connectivity index (χ3v) is 5.11. The first kappa shape index (κ1) is 16.6. The van der Waals surface area contributed by atoms with E-state index in [4.69, 9.17) is 4.52 Å². The second-order valence-corrected chi connectivity index (χ2v) is 7.02. The smallest absolute Gasteiger partial charge is 0.151 e. The minimum atomic E-state index is -0.615. The van der Waals surface area contributed by atoms with E-state index in [-0.39, 0.29) is 17.5 Å². The molecule has 0 N–H and O–H groups in total. The van der Waals surface area contributed by atoms with E-state index in [0.717, 1.165) is 39.3 Å². The molecule has 1 aromatic carbocycles. The molecule has 0 amide bonds. The van der Waals surface area contributed by atoms with Gasteiger partial charge in [-0.25, -0.2) is 0 Å². The summed E-state index contributed by atoms with van der Waals surface area (Å²) in [5.41, 5.74) is 5.86.